The zero-order valence-corrected chi connectivity index (χ0v) is 12.3. The fourth-order valence-corrected chi connectivity index (χ4v) is 2.85. The van der Waals surface area contributed by atoms with Crippen LogP contribution in [0.2, 0.25) is 0 Å². The number of amides is 2. The summed E-state index contributed by atoms with van der Waals surface area (Å²) in [5.74, 6) is -5.41. The summed E-state index contributed by atoms with van der Waals surface area (Å²) in [6.45, 7) is 0. The largest absolute Gasteiger partial charge is 0.324 e. The molecule has 0 bridgehead atoms. The van der Waals surface area contributed by atoms with E-state index >= 15 is 0 Å². The molecule has 0 radical (unpaired) electrons. The summed E-state index contributed by atoms with van der Waals surface area (Å²) in [6.07, 6.45) is 0. The monoisotopic (exact) mass is 338 g/mol. The Morgan fingerprint density at radius 1 is 1.13 bits per heavy atom. The molecule has 2 aromatic rings. The van der Waals surface area contributed by atoms with Gasteiger partial charge in [-0.1, -0.05) is 0 Å². The molecule has 2 aromatic carbocycles. The molecule has 4 nitrogen and oxygen atoms in total. The van der Waals surface area contributed by atoms with Gasteiger partial charge in [-0.2, -0.15) is 0 Å². The number of carbonyl (C=O) groups excluding carboxylic acids is 2. The highest BCUT2D eigenvalue weighted by Gasteiger charge is 2.20. The van der Waals surface area contributed by atoms with Gasteiger partial charge in [0.25, 0.3) is 5.91 Å². The Kier molecular flexibility index (Phi) is 3.99. The van der Waals surface area contributed by atoms with Crippen LogP contribution < -0.4 is 10.6 Å². The van der Waals surface area contributed by atoms with Crippen molar-refractivity contribution < 1.29 is 22.8 Å². The molecular weight excluding hydrogens is 329 g/mol. The van der Waals surface area contributed by atoms with Gasteiger partial charge in [0, 0.05) is 10.6 Å². The second kappa shape index (κ2) is 5.96. The first kappa shape index (κ1) is 15.4. The number of thioether (sulfide) groups is 1. The third-order valence-corrected chi connectivity index (χ3v) is 4.22. The summed E-state index contributed by atoms with van der Waals surface area (Å²) < 4.78 is 39.7. The predicted molar refractivity (Wildman–Crippen MR) is 80.1 cm³/mol. The van der Waals surface area contributed by atoms with Crippen LogP contribution in [0.3, 0.4) is 0 Å². The standard InChI is InChI=1S/C15H9F3N2O2S/c16-9-3-2-8(13(17)14(9)18)15(22)19-7-1-4-11-10(5-7)20-12(21)6-23-11/h1-5H,6H2,(H,19,22)(H,20,21). The van der Waals surface area contributed by atoms with Crippen LogP contribution in [0.1, 0.15) is 10.4 Å². The van der Waals surface area contributed by atoms with Crippen LogP contribution in [0.15, 0.2) is 35.2 Å². The van der Waals surface area contributed by atoms with Gasteiger partial charge < -0.3 is 10.6 Å². The number of hydrogen-bond acceptors (Lipinski definition) is 3. The van der Waals surface area contributed by atoms with Crippen LogP contribution in [-0.4, -0.2) is 17.6 Å². The summed E-state index contributed by atoms with van der Waals surface area (Å²) in [5.41, 5.74) is 0.204. The lowest BCUT2D eigenvalue weighted by Crippen LogP contribution is -2.19. The average Bonchev–Trinajstić information content (AvgIpc) is 2.52. The molecule has 23 heavy (non-hydrogen) atoms. The number of carbonyl (C=O) groups is 2. The molecule has 0 atom stereocenters. The summed E-state index contributed by atoms with van der Waals surface area (Å²) in [7, 11) is 0. The molecule has 118 valence electrons. The molecule has 0 unspecified atom stereocenters. The Morgan fingerprint density at radius 3 is 2.70 bits per heavy atom. The Morgan fingerprint density at radius 2 is 1.91 bits per heavy atom. The van der Waals surface area contributed by atoms with Gasteiger partial charge in [-0.3, -0.25) is 9.59 Å². The predicted octanol–water partition coefficient (Wildman–Crippen LogP) is 3.40. The smallest absolute Gasteiger partial charge is 0.258 e. The molecule has 2 amide bonds. The minimum atomic E-state index is -1.70. The van der Waals surface area contributed by atoms with Gasteiger partial charge in [0.15, 0.2) is 17.5 Å². The van der Waals surface area contributed by atoms with Crippen molar-refractivity contribution in [3.05, 3.63) is 53.3 Å². The average molecular weight is 338 g/mol. The quantitative estimate of drug-likeness (QED) is 0.825. The molecule has 0 fully saturated rings. The maximum absolute atomic E-state index is 13.6. The lowest BCUT2D eigenvalue weighted by molar-refractivity contribution is -0.113. The van der Waals surface area contributed by atoms with Gasteiger partial charge in [0.1, 0.15) is 0 Å². The number of halogens is 3. The summed E-state index contributed by atoms with van der Waals surface area (Å²) >= 11 is 1.35. The van der Waals surface area contributed by atoms with Crippen molar-refractivity contribution >= 4 is 35.0 Å². The Bertz CT molecular complexity index is 827. The molecular formula is C15H9F3N2O2S. The van der Waals surface area contributed by atoms with E-state index in [0.29, 0.717) is 23.2 Å². The van der Waals surface area contributed by atoms with E-state index in [1.165, 1.54) is 17.8 Å². The highest BCUT2D eigenvalue weighted by molar-refractivity contribution is 8.00. The fourth-order valence-electron chi connectivity index (χ4n) is 2.06. The van der Waals surface area contributed by atoms with Gasteiger partial charge in [0.2, 0.25) is 5.91 Å². The minimum absolute atomic E-state index is 0.169. The summed E-state index contributed by atoms with van der Waals surface area (Å²) in [4.78, 5) is 24.2. The van der Waals surface area contributed by atoms with E-state index in [1.807, 2.05) is 0 Å². The first-order valence-electron chi connectivity index (χ1n) is 6.47. The number of rotatable bonds is 2. The summed E-state index contributed by atoms with van der Waals surface area (Å²) in [5, 5.41) is 5.03. The molecule has 1 heterocycles. The molecule has 0 aromatic heterocycles. The van der Waals surface area contributed by atoms with Gasteiger partial charge in [-0.15, -0.1) is 11.8 Å². The van der Waals surface area contributed by atoms with Crippen LogP contribution in [0, 0.1) is 17.5 Å². The molecule has 0 spiro atoms. The normalized spacial score (nSPS) is 13.3. The van der Waals surface area contributed by atoms with Crippen LogP contribution in [0.5, 0.6) is 0 Å². The highest BCUT2D eigenvalue weighted by atomic mass is 32.2. The number of benzene rings is 2. The number of nitrogens with one attached hydrogen (secondary N) is 2. The number of anilines is 2. The van der Waals surface area contributed by atoms with Crippen molar-refractivity contribution in [3.8, 4) is 0 Å². The number of hydrogen-bond donors (Lipinski definition) is 2. The summed E-state index contributed by atoms with van der Waals surface area (Å²) in [6, 6.07) is 6.31. The molecule has 1 aliphatic heterocycles. The van der Waals surface area contributed by atoms with Gasteiger partial charge in [0.05, 0.1) is 17.0 Å². The molecule has 0 aliphatic carbocycles. The van der Waals surface area contributed by atoms with Gasteiger partial charge in [-0.05, 0) is 30.3 Å². The number of fused-ring (bicyclic) bond motifs is 1. The van der Waals surface area contributed by atoms with Crippen molar-refractivity contribution in [2.75, 3.05) is 16.4 Å². The topological polar surface area (TPSA) is 58.2 Å². The third-order valence-electron chi connectivity index (χ3n) is 3.15. The van der Waals surface area contributed by atoms with Gasteiger partial charge >= 0.3 is 0 Å². The van der Waals surface area contributed by atoms with Crippen LogP contribution in [0.25, 0.3) is 0 Å². The van der Waals surface area contributed by atoms with E-state index < -0.39 is 28.9 Å². The first-order valence-corrected chi connectivity index (χ1v) is 7.46. The molecule has 0 saturated heterocycles. The van der Waals surface area contributed by atoms with Crippen molar-refractivity contribution in [2.24, 2.45) is 0 Å². The highest BCUT2D eigenvalue weighted by Crippen LogP contribution is 2.33. The van der Waals surface area contributed by atoms with E-state index in [-0.39, 0.29) is 5.91 Å². The third kappa shape index (κ3) is 3.02. The zero-order chi connectivity index (χ0) is 16.6. The van der Waals surface area contributed by atoms with Crippen molar-refractivity contribution in [2.45, 2.75) is 4.90 Å². The van der Waals surface area contributed by atoms with Crippen molar-refractivity contribution in [1.82, 2.24) is 0 Å². The molecule has 8 heteroatoms. The Hall–Kier alpha value is -2.48. The SMILES string of the molecule is O=C1CSc2ccc(NC(=O)c3ccc(F)c(F)c3F)cc2N1. The van der Waals surface area contributed by atoms with Crippen molar-refractivity contribution in [3.63, 3.8) is 0 Å². The second-order valence-corrected chi connectivity index (χ2v) is 5.74. The van der Waals surface area contributed by atoms with E-state index in [0.717, 1.165) is 11.0 Å². The van der Waals surface area contributed by atoms with Crippen LogP contribution in [0.4, 0.5) is 24.5 Å². The molecule has 2 N–H and O–H groups in total. The Labute approximate surface area is 133 Å². The van der Waals surface area contributed by atoms with E-state index in [1.54, 1.807) is 12.1 Å². The van der Waals surface area contributed by atoms with Crippen LogP contribution >= 0.6 is 11.8 Å². The lowest BCUT2D eigenvalue weighted by Gasteiger charge is -2.17. The zero-order valence-electron chi connectivity index (χ0n) is 11.5. The van der Waals surface area contributed by atoms with E-state index in [2.05, 4.69) is 10.6 Å². The maximum atomic E-state index is 13.6. The van der Waals surface area contributed by atoms with Crippen LogP contribution in [-0.2, 0) is 4.79 Å². The van der Waals surface area contributed by atoms with Crippen molar-refractivity contribution in [1.29, 1.82) is 0 Å². The molecule has 3 rings (SSSR count). The first-order chi connectivity index (χ1) is 11.0. The second-order valence-electron chi connectivity index (χ2n) is 4.72. The maximum Gasteiger partial charge on any atom is 0.258 e. The fraction of sp³-hybridized carbons (Fsp3) is 0.0667. The van der Waals surface area contributed by atoms with Gasteiger partial charge in [-0.25, -0.2) is 13.2 Å². The molecule has 0 saturated carbocycles. The molecule has 1 aliphatic rings. The lowest BCUT2D eigenvalue weighted by atomic mass is 10.1. The Balaban J connectivity index is 1.85. The van der Waals surface area contributed by atoms with E-state index in [9.17, 15) is 22.8 Å². The minimum Gasteiger partial charge on any atom is -0.324 e. The van der Waals surface area contributed by atoms with E-state index in [4.69, 9.17) is 0 Å².